The van der Waals surface area contributed by atoms with Crippen molar-refractivity contribution in [1.29, 1.82) is 0 Å². The van der Waals surface area contributed by atoms with Gasteiger partial charge < -0.3 is 15.5 Å². The van der Waals surface area contributed by atoms with Crippen LogP contribution >= 0.6 is 0 Å². The summed E-state index contributed by atoms with van der Waals surface area (Å²) in [5, 5.41) is 6.57. The molecule has 1 heterocycles. The van der Waals surface area contributed by atoms with Crippen LogP contribution in [0.1, 0.15) is 25.3 Å². The first-order valence-electron chi connectivity index (χ1n) is 6.59. The molecule has 0 aromatic carbocycles. The summed E-state index contributed by atoms with van der Waals surface area (Å²) in [6.45, 7) is 7.07. The van der Waals surface area contributed by atoms with Gasteiger partial charge in [0, 0.05) is 24.8 Å². The summed E-state index contributed by atoms with van der Waals surface area (Å²) in [5.41, 5.74) is 1.09. The Bertz CT molecular complexity index is 351. The van der Waals surface area contributed by atoms with Crippen molar-refractivity contribution in [3.63, 3.8) is 0 Å². The van der Waals surface area contributed by atoms with E-state index in [4.69, 9.17) is 0 Å². The van der Waals surface area contributed by atoms with Crippen LogP contribution in [0.4, 0.5) is 11.8 Å². The molecule has 0 aliphatic carbocycles. The molecule has 5 heteroatoms. The van der Waals surface area contributed by atoms with Gasteiger partial charge in [0.15, 0.2) is 0 Å². The van der Waals surface area contributed by atoms with Crippen LogP contribution in [0.3, 0.4) is 0 Å². The van der Waals surface area contributed by atoms with Crippen LogP contribution in [0.15, 0.2) is 6.20 Å². The highest BCUT2D eigenvalue weighted by Gasteiger charge is 2.02. The molecule has 18 heavy (non-hydrogen) atoms. The molecule has 0 fully saturated rings. The molecule has 0 aliphatic heterocycles. The number of aryl methyl sites for hydroxylation is 1. The second-order valence-corrected chi connectivity index (χ2v) is 4.74. The Morgan fingerprint density at radius 3 is 2.67 bits per heavy atom. The zero-order chi connectivity index (χ0) is 13.4. The second-order valence-electron chi connectivity index (χ2n) is 4.74. The Kier molecular flexibility index (Phi) is 6.43. The monoisotopic (exact) mass is 251 g/mol. The predicted molar refractivity (Wildman–Crippen MR) is 77.2 cm³/mol. The molecule has 0 bridgehead atoms. The van der Waals surface area contributed by atoms with E-state index in [0.717, 1.165) is 43.9 Å². The van der Waals surface area contributed by atoms with Gasteiger partial charge in [-0.15, -0.1) is 0 Å². The Hall–Kier alpha value is -1.36. The van der Waals surface area contributed by atoms with Crippen molar-refractivity contribution in [3.05, 3.63) is 11.8 Å². The van der Waals surface area contributed by atoms with Crippen molar-refractivity contribution >= 4 is 11.8 Å². The van der Waals surface area contributed by atoms with E-state index in [0.29, 0.717) is 5.95 Å². The van der Waals surface area contributed by atoms with Gasteiger partial charge in [-0.05, 0) is 40.4 Å². The van der Waals surface area contributed by atoms with Gasteiger partial charge in [0.25, 0.3) is 0 Å². The number of hydrogen-bond donors (Lipinski definition) is 2. The van der Waals surface area contributed by atoms with Gasteiger partial charge in [-0.3, -0.25) is 0 Å². The van der Waals surface area contributed by atoms with Crippen LogP contribution in [0.2, 0.25) is 0 Å². The maximum absolute atomic E-state index is 4.48. The van der Waals surface area contributed by atoms with Gasteiger partial charge in [-0.2, -0.15) is 4.98 Å². The smallest absolute Gasteiger partial charge is 0.224 e. The van der Waals surface area contributed by atoms with Gasteiger partial charge >= 0.3 is 0 Å². The van der Waals surface area contributed by atoms with Crippen molar-refractivity contribution in [2.45, 2.75) is 26.7 Å². The Morgan fingerprint density at radius 1 is 1.22 bits per heavy atom. The van der Waals surface area contributed by atoms with E-state index in [2.05, 4.69) is 46.5 Å². The normalized spacial score (nSPS) is 10.7. The molecule has 5 nitrogen and oxygen atoms in total. The third-order valence-corrected chi connectivity index (χ3v) is 2.58. The summed E-state index contributed by atoms with van der Waals surface area (Å²) in [6, 6.07) is 0. The third kappa shape index (κ3) is 5.31. The molecule has 1 aromatic heterocycles. The molecule has 0 unspecified atom stereocenters. The van der Waals surface area contributed by atoms with Crippen LogP contribution in [0.25, 0.3) is 0 Å². The molecule has 102 valence electrons. The molecule has 0 saturated heterocycles. The largest absolute Gasteiger partial charge is 0.370 e. The molecule has 0 atom stereocenters. The molecular weight excluding hydrogens is 226 g/mol. The van der Waals surface area contributed by atoms with Gasteiger partial charge in [-0.25, -0.2) is 4.98 Å². The first-order valence-corrected chi connectivity index (χ1v) is 6.59. The van der Waals surface area contributed by atoms with E-state index in [-0.39, 0.29) is 0 Å². The maximum atomic E-state index is 4.48. The predicted octanol–water partition coefficient (Wildman–Crippen LogP) is 1.97. The van der Waals surface area contributed by atoms with Crippen LogP contribution in [-0.2, 0) is 0 Å². The average molecular weight is 251 g/mol. The van der Waals surface area contributed by atoms with Crippen molar-refractivity contribution in [2.75, 3.05) is 44.4 Å². The Balaban J connectivity index is 2.47. The lowest BCUT2D eigenvalue weighted by Gasteiger charge is -2.12. The fraction of sp³-hybridized carbons (Fsp3) is 0.692. The quantitative estimate of drug-likeness (QED) is 0.692. The van der Waals surface area contributed by atoms with Gasteiger partial charge in [0.1, 0.15) is 5.82 Å². The molecular formula is C13H25N5. The van der Waals surface area contributed by atoms with E-state index in [1.807, 2.05) is 13.1 Å². The number of anilines is 2. The fourth-order valence-electron chi connectivity index (χ4n) is 1.55. The summed E-state index contributed by atoms with van der Waals surface area (Å²) in [5.74, 6) is 1.64. The topological polar surface area (TPSA) is 53.1 Å². The molecule has 1 rings (SSSR count). The Labute approximate surface area is 110 Å². The summed E-state index contributed by atoms with van der Waals surface area (Å²) < 4.78 is 0. The first kappa shape index (κ1) is 14.7. The number of nitrogens with one attached hydrogen (secondary N) is 2. The van der Waals surface area contributed by atoms with E-state index in [9.17, 15) is 0 Å². The highest BCUT2D eigenvalue weighted by Crippen LogP contribution is 2.12. The molecule has 0 radical (unpaired) electrons. The van der Waals surface area contributed by atoms with Gasteiger partial charge in [0.2, 0.25) is 5.95 Å². The van der Waals surface area contributed by atoms with Gasteiger partial charge in [-0.1, -0.05) is 6.92 Å². The van der Waals surface area contributed by atoms with Crippen LogP contribution in [-0.4, -0.2) is 48.6 Å². The second kappa shape index (κ2) is 7.87. The number of aromatic nitrogens is 2. The highest BCUT2D eigenvalue weighted by atomic mass is 15.1. The molecule has 0 saturated carbocycles. The summed E-state index contributed by atoms with van der Waals surface area (Å²) in [6.07, 6.45) is 4.04. The van der Waals surface area contributed by atoms with Crippen molar-refractivity contribution in [2.24, 2.45) is 0 Å². The van der Waals surface area contributed by atoms with E-state index >= 15 is 0 Å². The minimum absolute atomic E-state index is 0.706. The lowest BCUT2D eigenvalue weighted by molar-refractivity contribution is 0.405. The lowest BCUT2D eigenvalue weighted by Crippen LogP contribution is -2.17. The van der Waals surface area contributed by atoms with E-state index < -0.39 is 0 Å². The molecule has 0 spiro atoms. The summed E-state index contributed by atoms with van der Waals surface area (Å²) in [4.78, 5) is 10.9. The standard InChI is InChI=1S/C13H25N5/c1-5-7-15-13-16-10-11(2)12(17-13)14-8-6-9-18(3)4/h10H,5-9H2,1-4H3,(H2,14,15,16,17). The summed E-state index contributed by atoms with van der Waals surface area (Å²) in [7, 11) is 4.17. The minimum atomic E-state index is 0.706. The van der Waals surface area contributed by atoms with Crippen molar-refractivity contribution in [1.82, 2.24) is 14.9 Å². The molecule has 2 N–H and O–H groups in total. The highest BCUT2D eigenvalue weighted by molar-refractivity contribution is 5.46. The van der Waals surface area contributed by atoms with Crippen LogP contribution in [0, 0.1) is 6.92 Å². The van der Waals surface area contributed by atoms with Crippen molar-refractivity contribution in [3.8, 4) is 0 Å². The molecule has 0 aliphatic rings. The number of hydrogen-bond acceptors (Lipinski definition) is 5. The average Bonchev–Trinajstić information content (AvgIpc) is 2.34. The summed E-state index contributed by atoms with van der Waals surface area (Å²) >= 11 is 0. The zero-order valence-corrected chi connectivity index (χ0v) is 12.0. The number of nitrogens with zero attached hydrogens (tertiary/aromatic N) is 3. The van der Waals surface area contributed by atoms with Crippen LogP contribution < -0.4 is 10.6 Å². The van der Waals surface area contributed by atoms with E-state index in [1.165, 1.54) is 0 Å². The fourth-order valence-corrected chi connectivity index (χ4v) is 1.55. The first-order chi connectivity index (χ1) is 8.63. The molecule has 1 aromatic rings. The van der Waals surface area contributed by atoms with Gasteiger partial charge in [0.05, 0.1) is 0 Å². The lowest BCUT2D eigenvalue weighted by atomic mass is 10.3. The Morgan fingerprint density at radius 2 is 2.00 bits per heavy atom. The van der Waals surface area contributed by atoms with Crippen LogP contribution in [0.5, 0.6) is 0 Å². The SMILES string of the molecule is CCCNc1ncc(C)c(NCCCN(C)C)n1. The minimum Gasteiger partial charge on any atom is -0.370 e. The van der Waals surface area contributed by atoms with Crippen molar-refractivity contribution < 1.29 is 0 Å². The molecule has 0 amide bonds. The number of rotatable bonds is 8. The maximum Gasteiger partial charge on any atom is 0.224 e. The zero-order valence-electron chi connectivity index (χ0n) is 12.0. The third-order valence-electron chi connectivity index (χ3n) is 2.58. The van der Waals surface area contributed by atoms with E-state index in [1.54, 1.807) is 0 Å².